The largest absolute Gasteiger partial charge is 0.465 e. The van der Waals surface area contributed by atoms with Crippen LogP contribution in [-0.4, -0.2) is 13.1 Å². The maximum atomic E-state index is 11.8. The van der Waals surface area contributed by atoms with Crippen LogP contribution in [-0.2, 0) is 10.5 Å². The molecular formula is C27H25NO2S. The first-order valence-corrected chi connectivity index (χ1v) is 11.6. The molecule has 3 aromatic rings. The van der Waals surface area contributed by atoms with Gasteiger partial charge in [0.05, 0.1) is 18.7 Å². The zero-order valence-electron chi connectivity index (χ0n) is 17.5. The van der Waals surface area contributed by atoms with Crippen LogP contribution in [0.4, 0.5) is 5.69 Å². The molecule has 0 spiro atoms. The van der Waals surface area contributed by atoms with E-state index in [-0.39, 0.29) is 12.0 Å². The molecule has 0 amide bonds. The predicted octanol–water partition coefficient (Wildman–Crippen LogP) is 6.59. The van der Waals surface area contributed by atoms with Gasteiger partial charge in [-0.15, -0.1) is 11.8 Å². The molecule has 2 aliphatic rings. The Morgan fingerprint density at radius 1 is 1.06 bits per heavy atom. The maximum absolute atomic E-state index is 11.8. The standard InChI is InChI=1S/C27H25NO2S/c1-30-27(29)20-13-11-19(12-14-20)26-23-9-5-8-22(23)24-16-18(10-15-25(24)28-26)17-31-21-6-3-2-4-7-21/h2-8,10-16,22-23,26,28H,9,17H2,1H3/t22-,23-,26-/m0/s1. The number of fused-ring (bicyclic) bond motifs is 3. The van der Waals surface area contributed by atoms with Gasteiger partial charge in [0, 0.05) is 22.3 Å². The van der Waals surface area contributed by atoms with E-state index in [9.17, 15) is 4.79 Å². The molecule has 3 aromatic carbocycles. The van der Waals surface area contributed by atoms with Gasteiger partial charge in [-0.3, -0.25) is 0 Å². The van der Waals surface area contributed by atoms with Gasteiger partial charge in [0.15, 0.2) is 0 Å². The Labute approximate surface area is 187 Å². The van der Waals surface area contributed by atoms with Crippen LogP contribution in [0.15, 0.2) is 89.8 Å². The van der Waals surface area contributed by atoms with Gasteiger partial charge in [0.25, 0.3) is 0 Å². The minimum absolute atomic E-state index is 0.226. The molecule has 0 aromatic heterocycles. The summed E-state index contributed by atoms with van der Waals surface area (Å²) in [5.74, 6) is 1.57. The number of carbonyl (C=O) groups excluding carboxylic acids is 1. The highest BCUT2D eigenvalue weighted by Crippen LogP contribution is 2.50. The molecule has 31 heavy (non-hydrogen) atoms. The van der Waals surface area contributed by atoms with Crippen molar-refractivity contribution in [3.63, 3.8) is 0 Å². The first-order chi connectivity index (χ1) is 15.2. The van der Waals surface area contributed by atoms with Crippen molar-refractivity contribution in [2.45, 2.75) is 29.0 Å². The Hall–Kier alpha value is -2.98. The highest BCUT2D eigenvalue weighted by molar-refractivity contribution is 7.98. The number of hydrogen-bond donors (Lipinski definition) is 1. The third-order valence-corrected chi connectivity index (χ3v) is 7.35. The summed E-state index contributed by atoms with van der Waals surface area (Å²) in [7, 11) is 1.41. The summed E-state index contributed by atoms with van der Waals surface area (Å²) >= 11 is 1.88. The lowest BCUT2D eigenvalue weighted by atomic mass is 9.76. The van der Waals surface area contributed by atoms with Crippen LogP contribution < -0.4 is 5.32 Å². The quantitative estimate of drug-likeness (QED) is 0.283. The van der Waals surface area contributed by atoms with E-state index < -0.39 is 0 Å². The van der Waals surface area contributed by atoms with E-state index >= 15 is 0 Å². The Morgan fingerprint density at radius 2 is 1.87 bits per heavy atom. The van der Waals surface area contributed by atoms with Crippen molar-refractivity contribution in [3.8, 4) is 0 Å². The molecule has 0 radical (unpaired) electrons. The van der Waals surface area contributed by atoms with E-state index in [4.69, 9.17) is 4.74 Å². The number of ether oxygens (including phenoxy) is 1. The van der Waals surface area contributed by atoms with Crippen LogP contribution in [0.5, 0.6) is 0 Å². The molecule has 1 heterocycles. The zero-order valence-corrected chi connectivity index (χ0v) is 18.3. The molecule has 0 fully saturated rings. The highest BCUT2D eigenvalue weighted by Gasteiger charge is 2.37. The number of carbonyl (C=O) groups is 1. The minimum Gasteiger partial charge on any atom is -0.465 e. The third kappa shape index (κ3) is 4.00. The number of allylic oxidation sites excluding steroid dienone is 2. The average Bonchev–Trinajstić information content (AvgIpc) is 3.33. The van der Waals surface area contributed by atoms with Crippen LogP contribution in [0.3, 0.4) is 0 Å². The van der Waals surface area contributed by atoms with Crippen LogP contribution in [0.25, 0.3) is 0 Å². The second kappa shape index (κ2) is 8.64. The van der Waals surface area contributed by atoms with Crippen molar-refractivity contribution in [1.82, 2.24) is 0 Å². The van der Waals surface area contributed by atoms with Gasteiger partial charge in [-0.25, -0.2) is 4.79 Å². The molecule has 0 saturated carbocycles. The molecule has 1 aliphatic carbocycles. The van der Waals surface area contributed by atoms with Crippen molar-refractivity contribution in [1.29, 1.82) is 0 Å². The molecule has 1 N–H and O–H groups in total. The lowest BCUT2D eigenvalue weighted by Crippen LogP contribution is -2.29. The summed E-state index contributed by atoms with van der Waals surface area (Å²) in [4.78, 5) is 13.1. The summed E-state index contributed by atoms with van der Waals surface area (Å²) < 4.78 is 4.83. The number of anilines is 1. The van der Waals surface area contributed by atoms with Gasteiger partial charge in [-0.05, 0) is 59.4 Å². The Balaban J connectivity index is 1.38. The number of esters is 1. The fourth-order valence-electron chi connectivity index (χ4n) is 4.69. The van der Waals surface area contributed by atoms with Gasteiger partial charge in [0.1, 0.15) is 0 Å². The van der Waals surface area contributed by atoms with Crippen LogP contribution >= 0.6 is 11.8 Å². The summed E-state index contributed by atoms with van der Waals surface area (Å²) in [6.07, 6.45) is 5.74. The summed E-state index contributed by atoms with van der Waals surface area (Å²) in [5, 5.41) is 3.79. The lowest BCUT2D eigenvalue weighted by molar-refractivity contribution is 0.0600. The van der Waals surface area contributed by atoms with Crippen molar-refractivity contribution >= 4 is 23.4 Å². The number of benzene rings is 3. The number of methoxy groups -OCH3 is 1. The molecule has 0 unspecified atom stereocenters. The van der Waals surface area contributed by atoms with E-state index in [2.05, 4.69) is 78.1 Å². The normalized spacial score (nSPS) is 21.1. The Bertz CT molecular complexity index is 1110. The molecule has 0 saturated heterocycles. The predicted molar refractivity (Wildman–Crippen MR) is 127 cm³/mol. The summed E-state index contributed by atoms with van der Waals surface area (Å²) in [6.45, 7) is 0. The molecule has 3 nitrogen and oxygen atoms in total. The first-order valence-electron chi connectivity index (χ1n) is 10.6. The molecule has 156 valence electrons. The zero-order chi connectivity index (χ0) is 21.2. The molecule has 0 bridgehead atoms. The number of nitrogens with one attached hydrogen (secondary N) is 1. The van der Waals surface area contributed by atoms with Crippen molar-refractivity contribution < 1.29 is 9.53 Å². The Morgan fingerprint density at radius 3 is 2.65 bits per heavy atom. The topological polar surface area (TPSA) is 38.3 Å². The van der Waals surface area contributed by atoms with E-state index in [1.165, 1.54) is 34.4 Å². The number of thioether (sulfide) groups is 1. The van der Waals surface area contributed by atoms with Crippen molar-refractivity contribution in [2.75, 3.05) is 12.4 Å². The lowest BCUT2D eigenvalue weighted by Gasteiger charge is -2.37. The highest BCUT2D eigenvalue weighted by atomic mass is 32.2. The minimum atomic E-state index is -0.296. The van der Waals surface area contributed by atoms with Gasteiger partial charge in [-0.1, -0.05) is 54.6 Å². The van der Waals surface area contributed by atoms with Crippen LogP contribution in [0.2, 0.25) is 0 Å². The van der Waals surface area contributed by atoms with Gasteiger partial charge >= 0.3 is 5.97 Å². The maximum Gasteiger partial charge on any atom is 0.337 e. The molecule has 3 atom stereocenters. The third-order valence-electron chi connectivity index (χ3n) is 6.27. The van der Waals surface area contributed by atoms with E-state index in [0.717, 1.165) is 12.2 Å². The van der Waals surface area contributed by atoms with Crippen LogP contribution in [0, 0.1) is 5.92 Å². The molecule has 1 aliphatic heterocycles. The van der Waals surface area contributed by atoms with Crippen molar-refractivity contribution in [3.05, 3.63) is 107 Å². The van der Waals surface area contributed by atoms with E-state index in [1.54, 1.807) is 0 Å². The monoisotopic (exact) mass is 427 g/mol. The number of hydrogen-bond acceptors (Lipinski definition) is 4. The van der Waals surface area contributed by atoms with Crippen molar-refractivity contribution in [2.24, 2.45) is 5.92 Å². The second-order valence-corrected chi connectivity index (χ2v) is 9.16. The SMILES string of the molecule is COC(=O)c1ccc([C@@H]2Nc3ccc(CSc4ccccc4)cc3[C@H]3C=CC[C@@H]32)cc1. The first kappa shape index (κ1) is 20.0. The van der Waals surface area contributed by atoms with Gasteiger partial charge < -0.3 is 10.1 Å². The molecule has 4 heteroatoms. The molecular weight excluding hydrogens is 402 g/mol. The fraction of sp³-hybridized carbons (Fsp3) is 0.222. The fourth-order valence-corrected chi connectivity index (χ4v) is 5.55. The van der Waals surface area contributed by atoms with Gasteiger partial charge in [0.2, 0.25) is 0 Å². The molecule has 5 rings (SSSR count). The van der Waals surface area contributed by atoms with E-state index in [1.807, 2.05) is 23.9 Å². The second-order valence-electron chi connectivity index (χ2n) is 8.11. The van der Waals surface area contributed by atoms with Gasteiger partial charge in [-0.2, -0.15) is 0 Å². The van der Waals surface area contributed by atoms with Crippen LogP contribution in [0.1, 0.15) is 45.4 Å². The van der Waals surface area contributed by atoms with E-state index in [0.29, 0.717) is 17.4 Å². The summed E-state index contributed by atoms with van der Waals surface area (Å²) in [5.41, 5.74) is 5.76. The average molecular weight is 428 g/mol. The summed E-state index contributed by atoms with van der Waals surface area (Å²) in [6, 6.07) is 25.4. The number of rotatable bonds is 5. The Kier molecular flexibility index (Phi) is 5.56. The smallest absolute Gasteiger partial charge is 0.337 e.